The predicted molar refractivity (Wildman–Crippen MR) is 77.2 cm³/mol. The third-order valence-corrected chi connectivity index (χ3v) is 4.24. The lowest BCUT2D eigenvalue weighted by molar-refractivity contribution is 0.629. The molecule has 0 amide bonds. The fraction of sp³-hybridized carbons (Fsp3) is 0.267. The Bertz CT molecular complexity index is 679. The van der Waals surface area contributed by atoms with E-state index >= 15 is 0 Å². The Labute approximate surface area is 115 Å². The SMILES string of the molecule is c1ccc2oc(-c3nc(CNC4CC4)cs3)cc2c1. The van der Waals surface area contributed by atoms with Gasteiger partial charge in [-0.2, -0.15) is 0 Å². The minimum absolute atomic E-state index is 0.719. The van der Waals surface area contributed by atoms with Crippen LogP contribution in [0.15, 0.2) is 40.1 Å². The van der Waals surface area contributed by atoms with Gasteiger partial charge >= 0.3 is 0 Å². The number of benzene rings is 1. The highest BCUT2D eigenvalue weighted by atomic mass is 32.1. The van der Waals surface area contributed by atoms with Gasteiger partial charge in [0.1, 0.15) is 5.58 Å². The van der Waals surface area contributed by atoms with E-state index in [1.807, 2.05) is 18.2 Å². The van der Waals surface area contributed by atoms with Crippen LogP contribution in [0.2, 0.25) is 0 Å². The van der Waals surface area contributed by atoms with Crippen molar-refractivity contribution in [2.75, 3.05) is 0 Å². The van der Waals surface area contributed by atoms with Crippen molar-refractivity contribution < 1.29 is 4.42 Å². The minimum atomic E-state index is 0.719. The zero-order valence-corrected chi connectivity index (χ0v) is 11.2. The van der Waals surface area contributed by atoms with E-state index in [0.717, 1.165) is 40.0 Å². The second kappa shape index (κ2) is 4.47. The number of nitrogens with one attached hydrogen (secondary N) is 1. The van der Waals surface area contributed by atoms with Gasteiger partial charge in [-0.1, -0.05) is 18.2 Å². The number of para-hydroxylation sites is 1. The fourth-order valence-corrected chi connectivity index (χ4v) is 2.90. The highest BCUT2D eigenvalue weighted by Crippen LogP contribution is 2.30. The first-order valence-corrected chi connectivity index (χ1v) is 7.43. The van der Waals surface area contributed by atoms with Crippen molar-refractivity contribution in [3.8, 4) is 10.8 Å². The molecular weight excluding hydrogens is 256 g/mol. The van der Waals surface area contributed by atoms with Crippen LogP contribution < -0.4 is 5.32 Å². The second-order valence-electron chi connectivity index (χ2n) is 4.95. The molecule has 1 fully saturated rings. The van der Waals surface area contributed by atoms with Crippen LogP contribution in [0.5, 0.6) is 0 Å². The van der Waals surface area contributed by atoms with Crippen molar-refractivity contribution in [1.29, 1.82) is 0 Å². The molecule has 1 saturated carbocycles. The summed E-state index contributed by atoms with van der Waals surface area (Å²) in [6.07, 6.45) is 2.61. The Kier molecular flexibility index (Phi) is 2.64. The molecule has 0 atom stereocenters. The molecule has 0 radical (unpaired) electrons. The molecule has 0 saturated heterocycles. The van der Waals surface area contributed by atoms with E-state index in [-0.39, 0.29) is 0 Å². The number of furan rings is 1. The molecule has 19 heavy (non-hydrogen) atoms. The molecule has 3 nitrogen and oxygen atoms in total. The lowest BCUT2D eigenvalue weighted by Crippen LogP contribution is -2.15. The zero-order chi connectivity index (χ0) is 12.7. The average Bonchev–Trinajstić information content (AvgIpc) is 2.99. The Morgan fingerprint density at radius 2 is 2.21 bits per heavy atom. The molecule has 4 heteroatoms. The lowest BCUT2D eigenvalue weighted by Gasteiger charge is -1.97. The average molecular weight is 270 g/mol. The molecule has 3 aromatic rings. The quantitative estimate of drug-likeness (QED) is 0.783. The van der Waals surface area contributed by atoms with Gasteiger partial charge in [0.05, 0.1) is 5.69 Å². The van der Waals surface area contributed by atoms with Gasteiger partial charge < -0.3 is 9.73 Å². The summed E-state index contributed by atoms with van der Waals surface area (Å²) in [6.45, 7) is 0.862. The maximum Gasteiger partial charge on any atom is 0.164 e. The summed E-state index contributed by atoms with van der Waals surface area (Å²) in [4.78, 5) is 4.64. The topological polar surface area (TPSA) is 38.1 Å². The maximum absolute atomic E-state index is 5.83. The van der Waals surface area contributed by atoms with E-state index in [4.69, 9.17) is 4.42 Å². The molecule has 4 rings (SSSR count). The Morgan fingerprint density at radius 1 is 1.32 bits per heavy atom. The van der Waals surface area contributed by atoms with Crippen molar-refractivity contribution in [2.24, 2.45) is 0 Å². The standard InChI is InChI=1S/C15H14N2OS/c1-2-4-13-10(3-1)7-14(18-13)15-17-12(9-19-15)8-16-11-5-6-11/h1-4,7,9,11,16H,5-6,8H2. The van der Waals surface area contributed by atoms with E-state index in [1.54, 1.807) is 11.3 Å². The Hall–Kier alpha value is -1.65. The fourth-order valence-electron chi connectivity index (χ4n) is 2.12. The number of hydrogen-bond donors (Lipinski definition) is 1. The third kappa shape index (κ3) is 2.29. The van der Waals surface area contributed by atoms with E-state index in [1.165, 1.54) is 12.8 Å². The van der Waals surface area contributed by atoms with E-state index in [0.29, 0.717) is 0 Å². The minimum Gasteiger partial charge on any atom is -0.454 e. The summed E-state index contributed by atoms with van der Waals surface area (Å²) in [6, 6.07) is 10.8. The summed E-state index contributed by atoms with van der Waals surface area (Å²) in [5, 5.41) is 7.68. The van der Waals surface area contributed by atoms with Crippen LogP contribution in [0, 0.1) is 0 Å². The molecule has 1 aliphatic carbocycles. The molecule has 96 valence electrons. The predicted octanol–water partition coefficient (Wildman–Crippen LogP) is 3.81. The zero-order valence-electron chi connectivity index (χ0n) is 10.4. The molecule has 1 N–H and O–H groups in total. The number of nitrogens with zero attached hydrogens (tertiary/aromatic N) is 1. The largest absolute Gasteiger partial charge is 0.454 e. The van der Waals surface area contributed by atoms with E-state index in [2.05, 4.69) is 27.8 Å². The van der Waals surface area contributed by atoms with Crippen LogP contribution in [-0.2, 0) is 6.54 Å². The van der Waals surface area contributed by atoms with Crippen molar-refractivity contribution >= 4 is 22.3 Å². The summed E-state index contributed by atoms with van der Waals surface area (Å²) in [5.74, 6) is 0.865. The third-order valence-electron chi connectivity index (χ3n) is 3.34. The summed E-state index contributed by atoms with van der Waals surface area (Å²) < 4.78 is 5.83. The molecule has 1 aromatic carbocycles. The van der Waals surface area contributed by atoms with Crippen molar-refractivity contribution in [1.82, 2.24) is 10.3 Å². The number of hydrogen-bond acceptors (Lipinski definition) is 4. The Morgan fingerprint density at radius 3 is 3.05 bits per heavy atom. The van der Waals surface area contributed by atoms with E-state index < -0.39 is 0 Å². The van der Waals surface area contributed by atoms with Crippen LogP contribution in [-0.4, -0.2) is 11.0 Å². The molecule has 0 bridgehead atoms. The normalized spacial score (nSPS) is 15.2. The van der Waals surface area contributed by atoms with Gasteiger partial charge in [-0.25, -0.2) is 4.98 Å². The monoisotopic (exact) mass is 270 g/mol. The first kappa shape index (κ1) is 11.2. The van der Waals surface area contributed by atoms with Gasteiger partial charge in [0.25, 0.3) is 0 Å². The molecule has 0 aliphatic heterocycles. The molecular formula is C15H14N2OS. The number of rotatable bonds is 4. The van der Waals surface area contributed by atoms with Crippen LogP contribution in [0.3, 0.4) is 0 Å². The maximum atomic E-state index is 5.83. The second-order valence-corrected chi connectivity index (χ2v) is 5.81. The molecule has 0 unspecified atom stereocenters. The molecule has 2 aromatic heterocycles. The molecule has 2 heterocycles. The van der Waals surface area contributed by atoms with Gasteiger partial charge in [0.15, 0.2) is 10.8 Å². The first-order valence-electron chi connectivity index (χ1n) is 6.55. The summed E-state index contributed by atoms with van der Waals surface area (Å²) in [7, 11) is 0. The van der Waals surface area contributed by atoms with Crippen molar-refractivity contribution in [3.05, 3.63) is 41.4 Å². The smallest absolute Gasteiger partial charge is 0.164 e. The highest BCUT2D eigenvalue weighted by molar-refractivity contribution is 7.13. The Balaban J connectivity index is 1.60. The van der Waals surface area contributed by atoms with Crippen molar-refractivity contribution in [2.45, 2.75) is 25.4 Å². The lowest BCUT2D eigenvalue weighted by atomic mass is 10.2. The molecule has 1 aliphatic rings. The van der Waals surface area contributed by atoms with Crippen molar-refractivity contribution in [3.63, 3.8) is 0 Å². The van der Waals surface area contributed by atoms with Gasteiger partial charge in [-0.15, -0.1) is 11.3 Å². The number of thiazole rings is 1. The first-order chi connectivity index (χ1) is 9.38. The van der Waals surface area contributed by atoms with Crippen LogP contribution in [0.25, 0.3) is 21.7 Å². The number of fused-ring (bicyclic) bond motifs is 1. The van der Waals surface area contributed by atoms with Gasteiger partial charge in [0.2, 0.25) is 0 Å². The van der Waals surface area contributed by atoms with Gasteiger partial charge in [0, 0.05) is 23.4 Å². The van der Waals surface area contributed by atoms with Crippen LogP contribution in [0.4, 0.5) is 0 Å². The summed E-state index contributed by atoms with van der Waals surface area (Å²) in [5.41, 5.74) is 2.03. The number of aromatic nitrogens is 1. The van der Waals surface area contributed by atoms with Gasteiger partial charge in [-0.05, 0) is 25.0 Å². The summed E-state index contributed by atoms with van der Waals surface area (Å²) >= 11 is 1.65. The van der Waals surface area contributed by atoms with Crippen LogP contribution >= 0.6 is 11.3 Å². The highest BCUT2D eigenvalue weighted by Gasteiger charge is 2.20. The van der Waals surface area contributed by atoms with E-state index in [9.17, 15) is 0 Å². The van der Waals surface area contributed by atoms with Crippen LogP contribution in [0.1, 0.15) is 18.5 Å². The molecule has 0 spiro atoms. The van der Waals surface area contributed by atoms with Gasteiger partial charge in [-0.3, -0.25) is 0 Å².